The summed E-state index contributed by atoms with van der Waals surface area (Å²) in [4.78, 5) is 17.0. The number of thioether (sulfide) groups is 1. The smallest absolute Gasteiger partial charge is 0.277 e. The van der Waals surface area contributed by atoms with Crippen LogP contribution in [-0.2, 0) is 17.6 Å². The Balaban J connectivity index is 1.26. The van der Waals surface area contributed by atoms with Crippen molar-refractivity contribution < 1.29 is 18.7 Å². The number of ether oxygens (including phenoxy) is 2. The van der Waals surface area contributed by atoms with Gasteiger partial charge in [-0.3, -0.25) is 4.79 Å². The van der Waals surface area contributed by atoms with E-state index in [1.54, 1.807) is 34.4 Å². The van der Waals surface area contributed by atoms with E-state index in [-0.39, 0.29) is 24.6 Å². The van der Waals surface area contributed by atoms with Crippen LogP contribution in [-0.4, -0.2) is 41.6 Å². The molecule has 176 valence electrons. The molecule has 0 saturated carbocycles. The molecule has 0 radical (unpaired) electrons. The molecule has 0 bridgehead atoms. The summed E-state index contributed by atoms with van der Waals surface area (Å²) in [5.74, 6) is 2.40. The second kappa shape index (κ2) is 10.1. The first-order chi connectivity index (χ1) is 16.6. The molecule has 2 aromatic heterocycles. The van der Waals surface area contributed by atoms with Crippen molar-refractivity contribution in [1.29, 1.82) is 5.26 Å². The number of fused-ring (bicyclic) bond motifs is 2. The average molecular weight is 497 g/mol. The lowest BCUT2D eigenvalue weighted by Crippen LogP contribution is -2.33. The fourth-order valence-electron chi connectivity index (χ4n) is 4.14. The number of carbonyl (C=O) groups excluding carboxylic acids is 1. The van der Waals surface area contributed by atoms with Crippen molar-refractivity contribution in [3.8, 4) is 28.3 Å². The van der Waals surface area contributed by atoms with Crippen LogP contribution in [0.15, 0.2) is 33.9 Å². The van der Waals surface area contributed by atoms with Gasteiger partial charge in [0.25, 0.3) is 11.1 Å². The second-order valence-electron chi connectivity index (χ2n) is 8.35. The molecule has 1 aromatic carbocycles. The highest BCUT2D eigenvalue weighted by Crippen LogP contribution is 2.38. The van der Waals surface area contributed by atoms with Crippen LogP contribution in [0.5, 0.6) is 11.5 Å². The van der Waals surface area contributed by atoms with Crippen LogP contribution in [0.4, 0.5) is 5.69 Å². The van der Waals surface area contributed by atoms with E-state index >= 15 is 0 Å². The molecule has 0 saturated heterocycles. The number of hydrogen-bond donors (Lipinski definition) is 0. The lowest BCUT2D eigenvalue weighted by atomic mass is 9.90. The molecular weight excluding hydrogens is 472 g/mol. The standard InChI is InChI=1S/C24H24N4O4S2/c1-15-3-6-20-16(11-15)12-21(34-20)23-26-27-24(32-23)33-14-22(29)28(8-2-7-25)17-4-5-18-19(13-17)31-10-9-30-18/h4-5,12-13,15H,2-3,6,8-11,14H2,1H3/t15-/m0/s1. The molecular formula is C24H24N4O4S2. The monoisotopic (exact) mass is 496 g/mol. The maximum atomic E-state index is 13.1. The van der Waals surface area contributed by atoms with Gasteiger partial charge in [0.2, 0.25) is 5.91 Å². The van der Waals surface area contributed by atoms with Crippen LogP contribution in [0.2, 0.25) is 0 Å². The van der Waals surface area contributed by atoms with E-state index in [4.69, 9.17) is 19.2 Å². The van der Waals surface area contributed by atoms with Gasteiger partial charge in [-0.05, 0) is 48.9 Å². The molecule has 2 aliphatic rings. The molecule has 1 atom stereocenters. The average Bonchev–Trinajstić information content (AvgIpc) is 3.49. The number of aromatic nitrogens is 2. The lowest BCUT2D eigenvalue weighted by Gasteiger charge is -2.24. The summed E-state index contributed by atoms with van der Waals surface area (Å²) in [7, 11) is 0. The van der Waals surface area contributed by atoms with Gasteiger partial charge in [-0.2, -0.15) is 5.26 Å². The minimum absolute atomic E-state index is 0.111. The third-order valence-electron chi connectivity index (χ3n) is 5.85. The molecule has 1 amide bonds. The highest BCUT2D eigenvalue weighted by molar-refractivity contribution is 7.99. The quantitative estimate of drug-likeness (QED) is 0.433. The predicted molar refractivity (Wildman–Crippen MR) is 130 cm³/mol. The van der Waals surface area contributed by atoms with E-state index in [0.717, 1.165) is 17.7 Å². The van der Waals surface area contributed by atoms with Crippen LogP contribution in [0.25, 0.3) is 10.8 Å². The summed E-state index contributed by atoms with van der Waals surface area (Å²) in [6.07, 6.45) is 3.63. The molecule has 0 unspecified atom stereocenters. The van der Waals surface area contributed by atoms with Gasteiger partial charge < -0.3 is 18.8 Å². The zero-order valence-electron chi connectivity index (χ0n) is 18.8. The van der Waals surface area contributed by atoms with Gasteiger partial charge in [-0.1, -0.05) is 18.7 Å². The van der Waals surface area contributed by atoms with Gasteiger partial charge in [0.05, 0.1) is 23.1 Å². The maximum absolute atomic E-state index is 13.1. The minimum Gasteiger partial charge on any atom is -0.486 e. The molecule has 0 spiro atoms. The summed E-state index contributed by atoms with van der Waals surface area (Å²) in [5, 5.41) is 17.7. The van der Waals surface area contributed by atoms with E-state index in [0.29, 0.717) is 47.4 Å². The molecule has 34 heavy (non-hydrogen) atoms. The van der Waals surface area contributed by atoms with Crippen molar-refractivity contribution >= 4 is 34.7 Å². The largest absolute Gasteiger partial charge is 0.486 e. The summed E-state index contributed by atoms with van der Waals surface area (Å²) < 4.78 is 17.1. The van der Waals surface area contributed by atoms with Crippen molar-refractivity contribution in [2.24, 2.45) is 5.92 Å². The Labute approximate surface area is 205 Å². The first kappa shape index (κ1) is 22.7. The predicted octanol–water partition coefficient (Wildman–Crippen LogP) is 4.73. The van der Waals surface area contributed by atoms with Crippen LogP contribution in [0.3, 0.4) is 0 Å². The van der Waals surface area contributed by atoms with E-state index < -0.39 is 0 Å². The third-order valence-corrected chi connectivity index (χ3v) is 7.88. The van der Waals surface area contributed by atoms with Crippen molar-refractivity contribution in [3.63, 3.8) is 0 Å². The summed E-state index contributed by atoms with van der Waals surface area (Å²) >= 11 is 2.92. The molecule has 0 N–H and O–H groups in total. The second-order valence-corrected chi connectivity index (χ2v) is 10.4. The molecule has 3 aromatic rings. The Morgan fingerprint density at radius 1 is 1.26 bits per heavy atom. The van der Waals surface area contributed by atoms with Crippen LogP contribution in [0.1, 0.15) is 30.2 Å². The van der Waals surface area contributed by atoms with Crippen molar-refractivity contribution in [1.82, 2.24) is 10.2 Å². The molecule has 1 aliphatic carbocycles. The van der Waals surface area contributed by atoms with Gasteiger partial charge in [0.15, 0.2) is 11.5 Å². The van der Waals surface area contributed by atoms with Gasteiger partial charge in [-0.15, -0.1) is 21.5 Å². The summed E-state index contributed by atoms with van der Waals surface area (Å²) in [6, 6.07) is 9.63. The van der Waals surface area contributed by atoms with Gasteiger partial charge in [0, 0.05) is 23.2 Å². The molecule has 10 heteroatoms. The van der Waals surface area contributed by atoms with Crippen molar-refractivity contribution in [2.75, 3.05) is 30.4 Å². The third kappa shape index (κ3) is 4.91. The molecule has 5 rings (SSSR count). The number of rotatable bonds is 7. The van der Waals surface area contributed by atoms with Crippen molar-refractivity contribution in [3.05, 3.63) is 34.7 Å². The summed E-state index contributed by atoms with van der Waals surface area (Å²) in [6.45, 7) is 3.52. The first-order valence-corrected chi connectivity index (χ1v) is 13.1. The Hall–Kier alpha value is -3.03. The SMILES string of the molecule is C[C@H]1CCc2sc(-c3nnc(SCC(=O)N(CCC#N)c4ccc5c(c4)OCCO5)o3)cc2C1. The number of aryl methyl sites for hydroxylation is 1. The number of benzene rings is 1. The Kier molecular flexibility index (Phi) is 6.74. The highest BCUT2D eigenvalue weighted by Gasteiger charge is 2.23. The lowest BCUT2D eigenvalue weighted by molar-refractivity contribution is -0.116. The zero-order chi connectivity index (χ0) is 23.5. The number of hydrogen-bond acceptors (Lipinski definition) is 9. The van der Waals surface area contributed by atoms with E-state index in [9.17, 15) is 4.79 Å². The molecule has 1 aliphatic heterocycles. The van der Waals surface area contributed by atoms with E-state index in [1.165, 1.54) is 28.6 Å². The summed E-state index contributed by atoms with van der Waals surface area (Å²) in [5.41, 5.74) is 2.05. The van der Waals surface area contributed by atoms with E-state index in [1.807, 2.05) is 0 Å². The maximum Gasteiger partial charge on any atom is 0.277 e. The van der Waals surface area contributed by atoms with Gasteiger partial charge in [0.1, 0.15) is 13.2 Å². The minimum atomic E-state index is -0.155. The molecule has 3 heterocycles. The van der Waals surface area contributed by atoms with Gasteiger partial charge in [-0.25, -0.2) is 0 Å². The van der Waals surface area contributed by atoms with Crippen molar-refractivity contribution in [2.45, 2.75) is 37.8 Å². The van der Waals surface area contributed by atoms with Crippen LogP contribution >= 0.6 is 23.1 Å². The highest BCUT2D eigenvalue weighted by atomic mass is 32.2. The number of anilines is 1. The Morgan fingerprint density at radius 2 is 2.12 bits per heavy atom. The topological polar surface area (TPSA) is 101 Å². The Morgan fingerprint density at radius 3 is 2.97 bits per heavy atom. The zero-order valence-corrected chi connectivity index (χ0v) is 20.4. The number of amides is 1. The number of nitriles is 1. The number of nitrogens with zero attached hydrogens (tertiary/aromatic N) is 4. The number of thiophene rings is 1. The van der Waals surface area contributed by atoms with Crippen LogP contribution < -0.4 is 14.4 Å². The normalized spacial score (nSPS) is 16.5. The fraction of sp³-hybridized carbons (Fsp3) is 0.417. The van der Waals surface area contributed by atoms with E-state index in [2.05, 4.69) is 29.3 Å². The first-order valence-electron chi connectivity index (χ1n) is 11.3. The molecule has 8 nitrogen and oxygen atoms in total. The van der Waals surface area contributed by atoms with Gasteiger partial charge >= 0.3 is 0 Å². The van der Waals surface area contributed by atoms with Crippen LogP contribution in [0, 0.1) is 17.2 Å². The fourth-order valence-corrected chi connectivity index (χ4v) is 5.91. The number of carbonyl (C=O) groups is 1. The Bertz CT molecular complexity index is 1230. The molecule has 0 fully saturated rings.